The maximum Gasteiger partial charge on any atom is 0.352 e. The van der Waals surface area contributed by atoms with Crippen molar-refractivity contribution < 1.29 is 18.3 Å². The number of pyridine rings is 1. The molecule has 0 aliphatic carbocycles. The molecule has 0 saturated carbocycles. The summed E-state index contributed by atoms with van der Waals surface area (Å²) >= 11 is 0. The van der Waals surface area contributed by atoms with Crippen LogP contribution in [0.2, 0.25) is 0 Å². The average Bonchev–Trinajstić information content (AvgIpc) is 2.75. The Bertz CT molecular complexity index is 765. The highest BCUT2D eigenvalue weighted by Gasteiger charge is 2.20. The summed E-state index contributed by atoms with van der Waals surface area (Å²) in [6.45, 7) is 1.67. The number of carboxylic acid groups (broad SMARTS) is 1. The van der Waals surface area contributed by atoms with Crippen LogP contribution in [0.4, 0.5) is 5.69 Å². The fraction of sp³-hybridized carbons (Fsp3) is 0.167. The molecule has 20 heavy (non-hydrogen) atoms. The lowest BCUT2D eigenvalue weighted by molar-refractivity contribution is 0.0686. The lowest BCUT2D eigenvalue weighted by Gasteiger charge is -2.08. The fourth-order valence-corrected chi connectivity index (χ4v) is 2.88. The molecule has 0 unspecified atom stereocenters. The van der Waals surface area contributed by atoms with Gasteiger partial charge in [0.25, 0.3) is 10.0 Å². The van der Waals surface area contributed by atoms with Gasteiger partial charge in [-0.25, -0.2) is 13.2 Å². The van der Waals surface area contributed by atoms with Crippen molar-refractivity contribution in [3.63, 3.8) is 0 Å². The lowest BCUT2D eigenvalue weighted by atomic mass is 10.3. The summed E-state index contributed by atoms with van der Waals surface area (Å²) in [5.74, 6) is -1.19. The van der Waals surface area contributed by atoms with Gasteiger partial charge in [-0.3, -0.25) is 9.71 Å². The number of aromatic nitrogens is 2. The van der Waals surface area contributed by atoms with Gasteiger partial charge >= 0.3 is 5.97 Å². The normalized spacial score (nSPS) is 11.3. The van der Waals surface area contributed by atoms with E-state index in [0.29, 0.717) is 11.4 Å². The van der Waals surface area contributed by atoms with Gasteiger partial charge in [0, 0.05) is 19.4 Å². The van der Waals surface area contributed by atoms with Crippen molar-refractivity contribution in [2.75, 3.05) is 4.72 Å². The topological polar surface area (TPSA) is 101 Å². The zero-order valence-electron chi connectivity index (χ0n) is 10.9. The van der Waals surface area contributed by atoms with E-state index in [2.05, 4.69) is 9.71 Å². The third-order valence-electron chi connectivity index (χ3n) is 2.76. The molecule has 106 valence electrons. The van der Waals surface area contributed by atoms with Gasteiger partial charge in [-0.05, 0) is 25.1 Å². The summed E-state index contributed by atoms with van der Waals surface area (Å²) in [5.41, 5.74) is 0.784. The van der Waals surface area contributed by atoms with Gasteiger partial charge in [-0.2, -0.15) is 0 Å². The molecule has 2 aromatic heterocycles. The molecule has 0 bridgehead atoms. The number of hydrogen-bond donors (Lipinski definition) is 2. The third-order valence-corrected chi connectivity index (χ3v) is 4.09. The highest BCUT2D eigenvalue weighted by Crippen LogP contribution is 2.19. The van der Waals surface area contributed by atoms with Crippen molar-refractivity contribution in [3.05, 3.63) is 42.0 Å². The predicted octanol–water partition coefficient (Wildman–Crippen LogP) is 1.23. The SMILES string of the molecule is Cc1ncccc1NS(=O)(=O)c1cc(C(=O)O)n(C)c1. The molecule has 0 saturated heterocycles. The minimum absolute atomic E-state index is 0.103. The molecule has 0 radical (unpaired) electrons. The van der Waals surface area contributed by atoms with Gasteiger partial charge in [0.05, 0.1) is 11.4 Å². The average molecular weight is 295 g/mol. The van der Waals surface area contributed by atoms with Gasteiger partial charge in [-0.15, -0.1) is 0 Å². The molecule has 0 fully saturated rings. The highest BCUT2D eigenvalue weighted by atomic mass is 32.2. The molecule has 0 aliphatic rings. The number of nitrogens with zero attached hydrogens (tertiary/aromatic N) is 2. The van der Waals surface area contributed by atoms with Crippen LogP contribution >= 0.6 is 0 Å². The molecule has 2 aromatic rings. The number of carbonyl (C=O) groups is 1. The van der Waals surface area contributed by atoms with Gasteiger partial charge < -0.3 is 9.67 Å². The number of hydrogen-bond acceptors (Lipinski definition) is 4. The monoisotopic (exact) mass is 295 g/mol. The second-order valence-electron chi connectivity index (χ2n) is 4.22. The first-order valence-corrected chi connectivity index (χ1v) is 7.13. The summed E-state index contributed by atoms with van der Waals surface area (Å²) in [6.07, 6.45) is 2.80. The van der Waals surface area contributed by atoms with E-state index in [-0.39, 0.29) is 10.6 Å². The zero-order chi connectivity index (χ0) is 14.9. The Morgan fingerprint density at radius 2 is 2.15 bits per heavy atom. The molecule has 8 heteroatoms. The maximum atomic E-state index is 12.2. The van der Waals surface area contributed by atoms with Crippen LogP contribution in [-0.2, 0) is 17.1 Å². The minimum atomic E-state index is -3.85. The number of aromatic carboxylic acids is 1. The Morgan fingerprint density at radius 1 is 1.45 bits per heavy atom. The first-order chi connectivity index (χ1) is 9.31. The molecule has 2 rings (SSSR count). The molecule has 0 atom stereocenters. The summed E-state index contributed by atoms with van der Waals surface area (Å²) in [4.78, 5) is 14.8. The molecule has 2 heterocycles. The quantitative estimate of drug-likeness (QED) is 0.883. The standard InChI is InChI=1S/C12H13N3O4S/c1-8-10(4-3-5-13-8)14-20(18,19)9-6-11(12(16)17)15(2)7-9/h3-7,14H,1-2H3,(H,16,17). The van der Waals surface area contributed by atoms with Crippen molar-refractivity contribution in [1.82, 2.24) is 9.55 Å². The molecule has 7 nitrogen and oxygen atoms in total. The molecule has 0 aromatic carbocycles. The molecule has 2 N–H and O–H groups in total. The Hall–Kier alpha value is -2.35. The van der Waals surface area contributed by atoms with E-state index in [0.717, 1.165) is 6.07 Å². The van der Waals surface area contributed by atoms with Crippen molar-refractivity contribution in [2.24, 2.45) is 7.05 Å². The fourth-order valence-electron chi connectivity index (χ4n) is 1.69. The van der Waals surface area contributed by atoms with Crippen LogP contribution in [0.25, 0.3) is 0 Å². The van der Waals surface area contributed by atoms with Crippen LogP contribution in [0.15, 0.2) is 35.5 Å². The van der Waals surface area contributed by atoms with Crippen molar-refractivity contribution in [2.45, 2.75) is 11.8 Å². The highest BCUT2D eigenvalue weighted by molar-refractivity contribution is 7.92. The minimum Gasteiger partial charge on any atom is -0.477 e. The molecule has 0 aliphatic heterocycles. The molecular weight excluding hydrogens is 282 g/mol. The van der Waals surface area contributed by atoms with E-state index < -0.39 is 16.0 Å². The molecular formula is C12H13N3O4S. The van der Waals surface area contributed by atoms with E-state index in [9.17, 15) is 13.2 Å². The molecule has 0 spiro atoms. The number of carboxylic acids is 1. The van der Waals surface area contributed by atoms with E-state index >= 15 is 0 Å². The predicted molar refractivity (Wildman–Crippen MR) is 72.2 cm³/mol. The number of anilines is 1. The van der Waals surface area contributed by atoms with Crippen molar-refractivity contribution in [3.8, 4) is 0 Å². The van der Waals surface area contributed by atoms with Crippen LogP contribution < -0.4 is 4.72 Å². The largest absolute Gasteiger partial charge is 0.477 e. The molecule has 0 amide bonds. The lowest BCUT2D eigenvalue weighted by Crippen LogP contribution is -2.13. The Balaban J connectivity index is 2.39. The van der Waals surface area contributed by atoms with Gasteiger partial charge in [0.1, 0.15) is 10.6 Å². The van der Waals surface area contributed by atoms with Crippen molar-refractivity contribution >= 4 is 21.7 Å². The number of nitrogens with one attached hydrogen (secondary N) is 1. The second kappa shape index (κ2) is 4.97. The third kappa shape index (κ3) is 2.64. The van der Waals surface area contributed by atoms with Crippen LogP contribution in [0.1, 0.15) is 16.2 Å². The summed E-state index contributed by atoms with van der Waals surface area (Å²) in [7, 11) is -2.38. The van der Waals surface area contributed by atoms with Crippen LogP contribution in [-0.4, -0.2) is 29.0 Å². The summed E-state index contributed by atoms with van der Waals surface area (Å²) < 4.78 is 28.0. The van der Waals surface area contributed by atoms with E-state index in [1.165, 1.54) is 17.8 Å². The summed E-state index contributed by atoms with van der Waals surface area (Å²) in [5, 5.41) is 8.93. The summed E-state index contributed by atoms with van der Waals surface area (Å²) in [6, 6.07) is 4.30. The van der Waals surface area contributed by atoms with E-state index in [1.54, 1.807) is 25.3 Å². The Labute approximate surface area is 115 Å². The van der Waals surface area contributed by atoms with E-state index in [4.69, 9.17) is 5.11 Å². The first-order valence-electron chi connectivity index (χ1n) is 5.65. The number of aryl methyl sites for hydroxylation is 2. The van der Waals surface area contributed by atoms with Crippen LogP contribution in [0, 0.1) is 6.92 Å². The van der Waals surface area contributed by atoms with Gasteiger partial charge in [-0.1, -0.05) is 0 Å². The first kappa shape index (κ1) is 14.1. The van der Waals surface area contributed by atoms with E-state index in [1.807, 2.05) is 0 Å². The van der Waals surface area contributed by atoms with Gasteiger partial charge in [0.15, 0.2) is 0 Å². The smallest absolute Gasteiger partial charge is 0.352 e. The Morgan fingerprint density at radius 3 is 2.70 bits per heavy atom. The van der Waals surface area contributed by atoms with Crippen molar-refractivity contribution in [1.29, 1.82) is 0 Å². The number of rotatable bonds is 4. The number of sulfonamides is 1. The Kier molecular flexibility index (Phi) is 3.49. The van der Waals surface area contributed by atoms with Crippen LogP contribution in [0.5, 0.6) is 0 Å². The maximum absolute atomic E-state index is 12.2. The second-order valence-corrected chi connectivity index (χ2v) is 5.90. The zero-order valence-corrected chi connectivity index (χ0v) is 11.7. The van der Waals surface area contributed by atoms with Crippen LogP contribution in [0.3, 0.4) is 0 Å². The van der Waals surface area contributed by atoms with Gasteiger partial charge in [0.2, 0.25) is 0 Å².